The van der Waals surface area contributed by atoms with E-state index in [1.807, 2.05) is 6.07 Å². The Balaban J connectivity index is 3.42. The van der Waals surface area contributed by atoms with Gasteiger partial charge in [0.2, 0.25) is 0 Å². The zero-order chi connectivity index (χ0) is 16.3. The Hall–Kier alpha value is -1.31. The molecule has 0 heterocycles. The Kier molecular flexibility index (Phi) is 5.61. The normalized spacial score (nSPS) is 12.3. The van der Waals surface area contributed by atoms with E-state index in [1.54, 1.807) is 0 Å². The molecule has 1 aromatic carbocycles. The summed E-state index contributed by atoms with van der Waals surface area (Å²) in [5, 5.41) is 0. The summed E-state index contributed by atoms with van der Waals surface area (Å²) in [6.07, 6.45) is 3.01. The van der Waals surface area contributed by atoms with Gasteiger partial charge in [-0.3, -0.25) is 4.79 Å². The van der Waals surface area contributed by atoms with Crippen LogP contribution in [0.4, 0.5) is 0 Å². The highest BCUT2D eigenvalue weighted by atomic mass is 16.5. The molecule has 1 rings (SSSR count). The largest absolute Gasteiger partial charge is 0.493 e. The summed E-state index contributed by atoms with van der Waals surface area (Å²) in [5.41, 5.74) is 2.93. The summed E-state index contributed by atoms with van der Waals surface area (Å²) in [5.74, 6) is 0.763. The van der Waals surface area contributed by atoms with Gasteiger partial charge in [0.25, 0.3) is 0 Å². The number of carbonyl (C=O) groups excluding carboxylic acids is 1. The lowest BCUT2D eigenvalue weighted by molar-refractivity contribution is 0.111. The van der Waals surface area contributed by atoms with Crippen molar-refractivity contribution in [3.05, 3.63) is 28.8 Å². The minimum atomic E-state index is -0.0550. The fraction of sp³-hybridized carbons (Fsp3) is 0.632. The van der Waals surface area contributed by atoms with Crippen LogP contribution in [-0.4, -0.2) is 12.9 Å². The molecule has 118 valence electrons. The molecular formula is C19H30O2. The monoisotopic (exact) mass is 290 g/mol. The zero-order valence-electron chi connectivity index (χ0n) is 14.7. The molecule has 0 bridgehead atoms. The van der Waals surface area contributed by atoms with Crippen molar-refractivity contribution in [3.63, 3.8) is 0 Å². The summed E-state index contributed by atoms with van der Waals surface area (Å²) in [6, 6.07) is 4.18. The van der Waals surface area contributed by atoms with Gasteiger partial charge < -0.3 is 4.74 Å². The molecule has 0 atom stereocenters. The van der Waals surface area contributed by atoms with Crippen molar-refractivity contribution in [2.75, 3.05) is 6.61 Å². The van der Waals surface area contributed by atoms with E-state index in [-0.39, 0.29) is 10.8 Å². The lowest BCUT2D eigenvalue weighted by atomic mass is 9.79. The molecule has 0 radical (unpaired) electrons. The van der Waals surface area contributed by atoms with E-state index >= 15 is 0 Å². The quantitative estimate of drug-likeness (QED) is 0.545. The van der Waals surface area contributed by atoms with Crippen LogP contribution in [0.2, 0.25) is 0 Å². The molecule has 0 aliphatic heterocycles. The van der Waals surface area contributed by atoms with Gasteiger partial charge in [-0.1, -0.05) is 61.0 Å². The molecule has 0 aliphatic carbocycles. The van der Waals surface area contributed by atoms with E-state index in [4.69, 9.17) is 4.74 Å². The molecular weight excluding hydrogens is 260 g/mol. The minimum absolute atomic E-state index is 0.0136. The summed E-state index contributed by atoms with van der Waals surface area (Å²) >= 11 is 0. The smallest absolute Gasteiger partial charge is 0.153 e. The summed E-state index contributed by atoms with van der Waals surface area (Å²) < 4.78 is 5.96. The molecule has 0 aliphatic rings. The standard InChI is InChI=1S/C19H30O2/c1-8-9-10-21-17-14(13-20)11-15(18(2,3)4)12-16(17)19(5,6)7/h11-13H,8-10H2,1-7H3. The van der Waals surface area contributed by atoms with Gasteiger partial charge in [-0.25, -0.2) is 0 Å². The maximum atomic E-state index is 11.5. The summed E-state index contributed by atoms with van der Waals surface area (Å²) in [6.45, 7) is 15.8. The molecule has 0 spiro atoms. The fourth-order valence-electron chi connectivity index (χ4n) is 2.21. The first-order valence-electron chi connectivity index (χ1n) is 7.88. The van der Waals surface area contributed by atoms with Crippen LogP contribution in [0.3, 0.4) is 0 Å². The third kappa shape index (κ3) is 4.59. The minimum Gasteiger partial charge on any atom is -0.493 e. The molecule has 2 heteroatoms. The molecule has 0 aromatic heterocycles. The molecule has 0 N–H and O–H groups in total. The lowest BCUT2D eigenvalue weighted by Crippen LogP contribution is -2.19. The van der Waals surface area contributed by atoms with Crippen LogP contribution < -0.4 is 4.74 Å². The van der Waals surface area contributed by atoms with Gasteiger partial charge in [0.15, 0.2) is 6.29 Å². The predicted octanol–water partition coefficient (Wildman–Crippen LogP) is 5.27. The average molecular weight is 290 g/mol. The molecule has 1 aromatic rings. The fourth-order valence-corrected chi connectivity index (χ4v) is 2.21. The molecule has 2 nitrogen and oxygen atoms in total. The zero-order valence-corrected chi connectivity index (χ0v) is 14.7. The Morgan fingerprint density at radius 1 is 1.05 bits per heavy atom. The average Bonchev–Trinajstić information content (AvgIpc) is 2.36. The van der Waals surface area contributed by atoms with Crippen molar-refractivity contribution >= 4 is 6.29 Å². The van der Waals surface area contributed by atoms with Crippen molar-refractivity contribution in [2.45, 2.75) is 72.1 Å². The second kappa shape index (κ2) is 6.64. The van der Waals surface area contributed by atoms with Gasteiger partial charge >= 0.3 is 0 Å². The Bertz CT molecular complexity index is 488. The van der Waals surface area contributed by atoms with E-state index in [1.165, 1.54) is 5.56 Å². The highest BCUT2D eigenvalue weighted by molar-refractivity contribution is 5.81. The molecule has 0 fully saturated rings. The number of benzene rings is 1. The van der Waals surface area contributed by atoms with E-state index in [2.05, 4.69) is 54.5 Å². The van der Waals surface area contributed by atoms with Crippen LogP contribution in [0, 0.1) is 0 Å². The number of rotatable bonds is 5. The van der Waals surface area contributed by atoms with Gasteiger partial charge in [-0.15, -0.1) is 0 Å². The Morgan fingerprint density at radius 3 is 2.10 bits per heavy atom. The topological polar surface area (TPSA) is 26.3 Å². The third-order valence-corrected chi connectivity index (χ3v) is 3.66. The number of aldehydes is 1. The second-order valence-corrected chi connectivity index (χ2v) is 7.76. The lowest BCUT2D eigenvalue weighted by Gasteiger charge is -2.28. The van der Waals surface area contributed by atoms with E-state index in [0.29, 0.717) is 12.2 Å². The first-order chi connectivity index (χ1) is 9.61. The van der Waals surface area contributed by atoms with Gasteiger partial charge in [0.1, 0.15) is 5.75 Å². The number of ether oxygens (including phenoxy) is 1. The molecule has 0 saturated carbocycles. The van der Waals surface area contributed by atoms with Gasteiger partial charge in [-0.05, 0) is 28.9 Å². The van der Waals surface area contributed by atoms with Crippen LogP contribution in [0.5, 0.6) is 5.75 Å². The van der Waals surface area contributed by atoms with Crippen molar-refractivity contribution in [1.82, 2.24) is 0 Å². The second-order valence-electron chi connectivity index (χ2n) is 7.76. The number of hydrogen-bond acceptors (Lipinski definition) is 2. The van der Waals surface area contributed by atoms with Crippen molar-refractivity contribution in [2.24, 2.45) is 0 Å². The molecule has 0 unspecified atom stereocenters. The van der Waals surface area contributed by atoms with E-state index in [0.717, 1.165) is 30.4 Å². The maximum absolute atomic E-state index is 11.5. The first-order valence-corrected chi connectivity index (χ1v) is 7.88. The Labute approximate surface area is 129 Å². The van der Waals surface area contributed by atoms with E-state index in [9.17, 15) is 4.79 Å². The van der Waals surface area contributed by atoms with Gasteiger partial charge in [-0.2, -0.15) is 0 Å². The molecule has 0 saturated heterocycles. The number of hydrogen-bond donors (Lipinski definition) is 0. The maximum Gasteiger partial charge on any atom is 0.153 e. The van der Waals surface area contributed by atoms with Gasteiger partial charge in [0.05, 0.1) is 12.2 Å². The Morgan fingerprint density at radius 2 is 1.67 bits per heavy atom. The summed E-state index contributed by atoms with van der Waals surface area (Å²) in [4.78, 5) is 11.5. The SMILES string of the molecule is CCCCOc1c(C=O)cc(C(C)(C)C)cc1C(C)(C)C. The van der Waals surface area contributed by atoms with E-state index < -0.39 is 0 Å². The highest BCUT2D eigenvalue weighted by Crippen LogP contribution is 2.37. The number of unbranched alkanes of at least 4 members (excludes halogenated alkanes) is 1. The third-order valence-electron chi connectivity index (χ3n) is 3.66. The number of carbonyl (C=O) groups is 1. The predicted molar refractivity (Wildman–Crippen MR) is 89.6 cm³/mol. The van der Waals surface area contributed by atoms with Crippen LogP contribution in [0.15, 0.2) is 12.1 Å². The molecule has 0 amide bonds. The van der Waals surface area contributed by atoms with Gasteiger partial charge in [0, 0.05) is 5.56 Å². The molecule has 21 heavy (non-hydrogen) atoms. The van der Waals surface area contributed by atoms with Crippen LogP contribution >= 0.6 is 0 Å². The first kappa shape index (κ1) is 17.7. The van der Waals surface area contributed by atoms with Crippen LogP contribution in [-0.2, 0) is 10.8 Å². The van der Waals surface area contributed by atoms with Crippen LogP contribution in [0.25, 0.3) is 0 Å². The van der Waals surface area contributed by atoms with Crippen molar-refractivity contribution in [1.29, 1.82) is 0 Å². The van der Waals surface area contributed by atoms with Crippen LogP contribution in [0.1, 0.15) is 82.8 Å². The van der Waals surface area contributed by atoms with Crippen molar-refractivity contribution < 1.29 is 9.53 Å². The summed E-state index contributed by atoms with van der Waals surface area (Å²) in [7, 11) is 0. The van der Waals surface area contributed by atoms with Crippen molar-refractivity contribution in [3.8, 4) is 5.75 Å². The highest BCUT2D eigenvalue weighted by Gasteiger charge is 2.25.